The number of hydrogen-bond acceptors (Lipinski definition) is 4. The van der Waals surface area contributed by atoms with Crippen molar-refractivity contribution in [2.75, 3.05) is 25.1 Å². The second kappa shape index (κ2) is 7.51. The maximum Gasteiger partial charge on any atom is 0.129 e. The van der Waals surface area contributed by atoms with Gasteiger partial charge in [0.2, 0.25) is 0 Å². The van der Waals surface area contributed by atoms with Crippen molar-refractivity contribution in [1.29, 1.82) is 0 Å². The van der Waals surface area contributed by atoms with Gasteiger partial charge in [-0.15, -0.1) is 0 Å². The Morgan fingerprint density at radius 1 is 1.26 bits per heavy atom. The molecule has 5 heteroatoms. The van der Waals surface area contributed by atoms with Crippen LogP contribution in [0.1, 0.15) is 35.8 Å². The van der Waals surface area contributed by atoms with Crippen LogP contribution in [-0.4, -0.2) is 29.7 Å². The molecule has 3 rings (SSSR count). The SMILES string of the molecule is Cc1nc(NCCCc2ccc(F)cc2)cc([C@H]2CCOC2)n1. The summed E-state index contributed by atoms with van der Waals surface area (Å²) in [5.74, 6) is 1.86. The number of nitrogens with zero attached hydrogens (tertiary/aromatic N) is 2. The normalized spacial score (nSPS) is 17.4. The van der Waals surface area contributed by atoms with E-state index in [2.05, 4.69) is 15.3 Å². The highest BCUT2D eigenvalue weighted by Gasteiger charge is 2.20. The predicted molar refractivity (Wildman–Crippen MR) is 88.2 cm³/mol. The van der Waals surface area contributed by atoms with E-state index in [9.17, 15) is 4.39 Å². The van der Waals surface area contributed by atoms with Crippen molar-refractivity contribution in [2.45, 2.75) is 32.1 Å². The molecule has 2 heterocycles. The van der Waals surface area contributed by atoms with Crippen LogP contribution in [0.15, 0.2) is 30.3 Å². The van der Waals surface area contributed by atoms with Crippen LogP contribution in [0.2, 0.25) is 0 Å². The third-order valence-corrected chi connectivity index (χ3v) is 4.07. The lowest BCUT2D eigenvalue weighted by atomic mass is 10.0. The quantitative estimate of drug-likeness (QED) is 0.829. The monoisotopic (exact) mass is 315 g/mol. The number of benzene rings is 1. The average Bonchev–Trinajstić information content (AvgIpc) is 3.07. The molecule has 1 N–H and O–H groups in total. The Kier molecular flexibility index (Phi) is 5.18. The van der Waals surface area contributed by atoms with E-state index in [1.165, 1.54) is 12.1 Å². The van der Waals surface area contributed by atoms with E-state index in [0.29, 0.717) is 5.92 Å². The minimum absolute atomic E-state index is 0.188. The van der Waals surface area contributed by atoms with Crippen LogP contribution in [0.25, 0.3) is 0 Å². The number of aryl methyl sites for hydroxylation is 2. The maximum atomic E-state index is 12.9. The molecule has 0 saturated carbocycles. The number of hydrogen-bond donors (Lipinski definition) is 1. The molecule has 0 bridgehead atoms. The largest absolute Gasteiger partial charge is 0.381 e. The van der Waals surface area contributed by atoms with Gasteiger partial charge in [-0.1, -0.05) is 12.1 Å². The van der Waals surface area contributed by atoms with E-state index < -0.39 is 0 Å². The molecule has 1 aliphatic heterocycles. The number of rotatable bonds is 6. The van der Waals surface area contributed by atoms with Gasteiger partial charge in [0.05, 0.1) is 12.3 Å². The fourth-order valence-corrected chi connectivity index (χ4v) is 2.82. The Labute approximate surface area is 136 Å². The standard InChI is InChI=1S/C18H22FN3O/c1-13-21-17(15-8-10-23-12-15)11-18(22-13)20-9-2-3-14-4-6-16(19)7-5-14/h4-7,11,15H,2-3,8-10,12H2,1H3,(H,20,21,22)/t15-/m0/s1. The second-order valence-electron chi connectivity index (χ2n) is 5.94. The summed E-state index contributed by atoms with van der Waals surface area (Å²) in [7, 11) is 0. The van der Waals surface area contributed by atoms with Crippen LogP contribution in [0.4, 0.5) is 10.2 Å². The first kappa shape index (κ1) is 15.9. The highest BCUT2D eigenvalue weighted by molar-refractivity contribution is 5.37. The Morgan fingerprint density at radius 3 is 2.83 bits per heavy atom. The summed E-state index contributed by atoms with van der Waals surface area (Å²) in [6.07, 6.45) is 2.91. The molecule has 1 aromatic carbocycles. The van der Waals surface area contributed by atoms with Crippen molar-refractivity contribution in [3.63, 3.8) is 0 Å². The third-order valence-electron chi connectivity index (χ3n) is 4.07. The third kappa shape index (κ3) is 4.48. The van der Waals surface area contributed by atoms with Gasteiger partial charge in [0.1, 0.15) is 17.5 Å². The summed E-state index contributed by atoms with van der Waals surface area (Å²) in [5.41, 5.74) is 2.21. The van der Waals surface area contributed by atoms with Gasteiger partial charge in [0, 0.05) is 25.1 Å². The minimum Gasteiger partial charge on any atom is -0.381 e. The summed E-state index contributed by atoms with van der Waals surface area (Å²) in [4.78, 5) is 8.98. The van der Waals surface area contributed by atoms with Crippen LogP contribution in [-0.2, 0) is 11.2 Å². The van der Waals surface area contributed by atoms with Gasteiger partial charge in [-0.25, -0.2) is 14.4 Å². The summed E-state index contributed by atoms with van der Waals surface area (Å²) < 4.78 is 18.3. The summed E-state index contributed by atoms with van der Waals surface area (Å²) in [6, 6.07) is 8.72. The average molecular weight is 315 g/mol. The molecule has 122 valence electrons. The summed E-state index contributed by atoms with van der Waals surface area (Å²) in [5, 5.41) is 3.36. The number of halogens is 1. The molecule has 1 aromatic heterocycles. The molecule has 2 aromatic rings. The Bertz CT molecular complexity index is 639. The first-order valence-corrected chi connectivity index (χ1v) is 8.12. The first-order chi connectivity index (χ1) is 11.2. The minimum atomic E-state index is -0.188. The second-order valence-corrected chi connectivity index (χ2v) is 5.94. The molecule has 0 amide bonds. The molecule has 1 atom stereocenters. The molecule has 23 heavy (non-hydrogen) atoms. The predicted octanol–water partition coefficient (Wildman–Crippen LogP) is 3.47. The number of anilines is 1. The molecule has 4 nitrogen and oxygen atoms in total. The van der Waals surface area contributed by atoms with Gasteiger partial charge >= 0.3 is 0 Å². The molecule has 1 fully saturated rings. The molecule has 0 aliphatic carbocycles. The first-order valence-electron chi connectivity index (χ1n) is 8.12. The molecular weight excluding hydrogens is 293 g/mol. The zero-order valence-corrected chi connectivity index (χ0v) is 13.4. The summed E-state index contributed by atoms with van der Waals surface area (Å²) in [6.45, 7) is 4.31. The van der Waals surface area contributed by atoms with Gasteiger partial charge < -0.3 is 10.1 Å². The van der Waals surface area contributed by atoms with Crippen LogP contribution in [0, 0.1) is 12.7 Å². The van der Waals surface area contributed by atoms with Crippen molar-refractivity contribution in [1.82, 2.24) is 9.97 Å². The van der Waals surface area contributed by atoms with Gasteiger partial charge in [-0.2, -0.15) is 0 Å². The fourth-order valence-electron chi connectivity index (χ4n) is 2.82. The van der Waals surface area contributed by atoms with Crippen molar-refractivity contribution < 1.29 is 9.13 Å². The zero-order valence-electron chi connectivity index (χ0n) is 13.4. The van der Waals surface area contributed by atoms with E-state index in [1.54, 1.807) is 0 Å². The molecular formula is C18H22FN3O. The van der Waals surface area contributed by atoms with Crippen LogP contribution in [0.3, 0.4) is 0 Å². The summed E-state index contributed by atoms with van der Waals surface area (Å²) >= 11 is 0. The van der Waals surface area contributed by atoms with Crippen molar-refractivity contribution >= 4 is 5.82 Å². The highest BCUT2D eigenvalue weighted by atomic mass is 19.1. The molecule has 1 saturated heterocycles. The maximum absolute atomic E-state index is 12.9. The lowest BCUT2D eigenvalue weighted by Crippen LogP contribution is -2.09. The number of aromatic nitrogens is 2. The lowest BCUT2D eigenvalue weighted by Gasteiger charge is -2.11. The van der Waals surface area contributed by atoms with E-state index in [4.69, 9.17) is 4.74 Å². The van der Waals surface area contributed by atoms with Crippen molar-refractivity contribution in [2.24, 2.45) is 0 Å². The topological polar surface area (TPSA) is 47.0 Å². The lowest BCUT2D eigenvalue weighted by molar-refractivity contribution is 0.193. The van der Waals surface area contributed by atoms with E-state index >= 15 is 0 Å². The fraction of sp³-hybridized carbons (Fsp3) is 0.444. The van der Waals surface area contributed by atoms with E-state index in [-0.39, 0.29) is 5.82 Å². The number of nitrogens with one attached hydrogen (secondary N) is 1. The van der Waals surface area contributed by atoms with Gasteiger partial charge in [-0.3, -0.25) is 0 Å². The van der Waals surface area contributed by atoms with Crippen LogP contribution >= 0.6 is 0 Å². The Hall–Kier alpha value is -2.01. The van der Waals surface area contributed by atoms with Crippen LogP contribution < -0.4 is 5.32 Å². The smallest absolute Gasteiger partial charge is 0.129 e. The van der Waals surface area contributed by atoms with Crippen LogP contribution in [0.5, 0.6) is 0 Å². The molecule has 0 radical (unpaired) electrons. The van der Waals surface area contributed by atoms with Gasteiger partial charge in [-0.05, 0) is 43.9 Å². The zero-order chi connectivity index (χ0) is 16.1. The van der Waals surface area contributed by atoms with E-state index in [0.717, 1.165) is 61.9 Å². The van der Waals surface area contributed by atoms with Gasteiger partial charge in [0.25, 0.3) is 0 Å². The molecule has 0 spiro atoms. The van der Waals surface area contributed by atoms with Gasteiger partial charge in [0.15, 0.2) is 0 Å². The molecule has 1 aliphatic rings. The van der Waals surface area contributed by atoms with Crippen molar-refractivity contribution in [3.05, 3.63) is 53.2 Å². The van der Waals surface area contributed by atoms with Crippen molar-refractivity contribution in [3.8, 4) is 0 Å². The molecule has 0 unspecified atom stereocenters. The van der Waals surface area contributed by atoms with E-state index in [1.807, 2.05) is 25.1 Å². The number of ether oxygens (including phenoxy) is 1. The Balaban J connectivity index is 1.52. The Morgan fingerprint density at radius 2 is 2.09 bits per heavy atom. The highest BCUT2D eigenvalue weighted by Crippen LogP contribution is 2.25.